The van der Waals surface area contributed by atoms with E-state index in [1.807, 2.05) is 37.3 Å². The van der Waals surface area contributed by atoms with Crippen LogP contribution in [0.1, 0.15) is 12.7 Å². The van der Waals surface area contributed by atoms with Gasteiger partial charge in [0.25, 0.3) is 0 Å². The minimum absolute atomic E-state index is 0.402. The van der Waals surface area contributed by atoms with E-state index in [2.05, 4.69) is 15.3 Å². The first kappa shape index (κ1) is 14.3. The van der Waals surface area contributed by atoms with Crippen molar-refractivity contribution in [3.05, 3.63) is 53.2 Å². The molecule has 0 aliphatic carbocycles. The van der Waals surface area contributed by atoms with Crippen LogP contribution in [0, 0.1) is 4.77 Å². The molecule has 0 unspecified atom stereocenters. The molecule has 0 aliphatic rings. The molecule has 7 heteroatoms. The first-order chi connectivity index (χ1) is 10.8. The van der Waals surface area contributed by atoms with E-state index in [0.717, 1.165) is 11.3 Å². The Morgan fingerprint density at radius 3 is 3.09 bits per heavy atom. The van der Waals surface area contributed by atoms with E-state index in [0.29, 0.717) is 23.0 Å². The summed E-state index contributed by atoms with van der Waals surface area (Å²) >= 11 is 5.22. The molecule has 0 saturated carbocycles. The number of H-pyrrole nitrogens is 1. The average Bonchev–Trinajstić information content (AvgIpc) is 3.15. The molecule has 0 atom stereocenters. The van der Waals surface area contributed by atoms with Crippen LogP contribution in [-0.2, 0) is 0 Å². The summed E-state index contributed by atoms with van der Waals surface area (Å²) in [5.74, 6) is 2.02. The third kappa shape index (κ3) is 2.99. The molecule has 3 aromatic rings. The van der Waals surface area contributed by atoms with Crippen LogP contribution in [0.5, 0.6) is 5.75 Å². The maximum absolute atomic E-state index is 5.51. The SMILES string of the molecule is CCOc1cccc(-c2n[nH]c(=S)n2N=Cc2ccco2)c1. The summed E-state index contributed by atoms with van der Waals surface area (Å²) in [4.78, 5) is 0. The van der Waals surface area contributed by atoms with Gasteiger partial charge in [0.15, 0.2) is 5.82 Å². The monoisotopic (exact) mass is 314 g/mol. The van der Waals surface area contributed by atoms with Crippen molar-refractivity contribution in [1.29, 1.82) is 0 Å². The van der Waals surface area contributed by atoms with Gasteiger partial charge < -0.3 is 9.15 Å². The van der Waals surface area contributed by atoms with E-state index in [1.165, 1.54) is 0 Å². The molecule has 0 spiro atoms. The standard InChI is InChI=1S/C15H14N4O2S/c1-2-20-12-6-3-5-11(9-12)14-17-18-15(22)19(14)16-10-13-7-4-8-21-13/h3-10H,2H2,1H3,(H,18,22). The van der Waals surface area contributed by atoms with E-state index in [9.17, 15) is 0 Å². The van der Waals surface area contributed by atoms with Gasteiger partial charge in [0, 0.05) is 5.56 Å². The van der Waals surface area contributed by atoms with Crippen molar-refractivity contribution in [2.75, 3.05) is 6.61 Å². The Kier molecular flexibility index (Phi) is 4.15. The molecule has 2 aromatic heterocycles. The maximum atomic E-state index is 5.51. The van der Waals surface area contributed by atoms with Gasteiger partial charge in [-0.2, -0.15) is 14.9 Å². The molecule has 0 aliphatic heterocycles. The van der Waals surface area contributed by atoms with Crippen LogP contribution in [0.15, 0.2) is 52.2 Å². The molecule has 0 saturated heterocycles. The molecule has 22 heavy (non-hydrogen) atoms. The van der Waals surface area contributed by atoms with E-state index >= 15 is 0 Å². The zero-order chi connectivity index (χ0) is 15.4. The summed E-state index contributed by atoms with van der Waals surface area (Å²) < 4.78 is 12.7. The van der Waals surface area contributed by atoms with Crippen LogP contribution in [-0.4, -0.2) is 27.7 Å². The average molecular weight is 314 g/mol. The Bertz CT molecular complexity index is 833. The van der Waals surface area contributed by atoms with E-state index in [4.69, 9.17) is 21.4 Å². The van der Waals surface area contributed by atoms with Crippen LogP contribution in [0.4, 0.5) is 0 Å². The van der Waals surface area contributed by atoms with Crippen molar-refractivity contribution in [3.8, 4) is 17.1 Å². The zero-order valence-electron chi connectivity index (χ0n) is 11.9. The summed E-state index contributed by atoms with van der Waals surface area (Å²) in [6.07, 6.45) is 3.17. The molecule has 0 fully saturated rings. The van der Waals surface area contributed by atoms with Gasteiger partial charge in [-0.25, -0.2) is 5.10 Å². The molecular formula is C15H14N4O2S. The van der Waals surface area contributed by atoms with Crippen molar-refractivity contribution < 1.29 is 9.15 Å². The van der Waals surface area contributed by atoms with Crippen molar-refractivity contribution in [2.24, 2.45) is 5.10 Å². The number of nitrogens with one attached hydrogen (secondary N) is 1. The quantitative estimate of drug-likeness (QED) is 0.578. The highest BCUT2D eigenvalue weighted by atomic mass is 32.1. The van der Waals surface area contributed by atoms with Crippen LogP contribution >= 0.6 is 12.2 Å². The first-order valence-corrected chi connectivity index (χ1v) is 7.17. The number of hydrogen-bond donors (Lipinski definition) is 1. The highest BCUT2D eigenvalue weighted by molar-refractivity contribution is 7.71. The van der Waals surface area contributed by atoms with Crippen molar-refractivity contribution in [1.82, 2.24) is 14.9 Å². The fourth-order valence-corrected chi connectivity index (χ4v) is 2.14. The van der Waals surface area contributed by atoms with Gasteiger partial charge in [-0.15, -0.1) is 0 Å². The predicted octanol–water partition coefficient (Wildman–Crippen LogP) is 3.48. The number of aromatic nitrogens is 3. The Morgan fingerprint density at radius 2 is 2.32 bits per heavy atom. The number of rotatable bonds is 5. The fourth-order valence-electron chi connectivity index (χ4n) is 1.96. The molecule has 112 valence electrons. The third-order valence-electron chi connectivity index (χ3n) is 2.90. The van der Waals surface area contributed by atoms with Crippen LogP contribution < -0.4 is 4.74 Å². The Hall–Kier alpha value is -2.67. The van der Waals surface area contributed by atoms with Gasteiger partial charge in [-0.3, -0.25) is 0 Å². The highest BCUT2D eigenvalue weighted by Crippen LogP contribution is 2.22. The normalized spacial score (nSPS) is 11.1. The summed E-state index contributed by atoms with van der Waals surface area (Å²) in [7, 11) is 0. The minimum atomic E-state index is 0.402. The van der Waals surface area contributed by atoms with Gasteiger partial charge in [0.05, 0.1) is 19.1 Å². The van der Waals surface area contributed by atoms with Crippen LogP contribution in [0.3, 0.4) is 0 Å². The molecule has 0 amide bonds. The van der Waals surface area contributed by atoms with E-state index < -0.39 is 0 Å². The van der Waals surface area contributed by atoms with E-state index in [1.54, 1.807) is 23.2 Å². The Morgan fingerprint density at radius 1 is 1.41 bits per heavy atom. The summed E-state index contributed by atoms with van der Waals surface area (Å²) in [5.41, 5.74) is 0.856. The second-order valence-corrected chi connectivity index (χ2v) is 4.77. The van der Waals surface area contributed by atoms with Crippen molar-refractivity contribution >= 4 is 18.4 Å². The second kappa shape index (κ2) is 6.40. The smallest absolute Gasteiger partial charge is 0.216 e. The van der Waals surface area contributed by atoms with Gasteiger partial charge in [-0.05, 0) is 43.4 Å². The van der Waals surface area contributed by atoms with E-state index in [-0.39, 0.29) is 0 Å². The lowest BCUT2D eigenvalue weighted by atomic mass is 10.2. The lowest BCUT2D eigenvalue weighted by Gasteiger charge is -2.05. The number of benzene rings is 1. The van der Waals surface area contributed by atoms with Gasteiger partial charge in [0.2, 0.25) is 4.77 Å². The topological polar surface area (TPSA) is 68.3 Å². The number of furan rings is 1. The summed E-state index contributed by atoms with van der Waals surface area (Å²) in [6.45, 7) is 2.54. The Labute approximate surface area is 132 Å². The van der Waals surface area contributed by atoms with Crippen LogP contribution in [0.2, 0.25) is 0 Å². The highest BCUT2D eigenvalue weighted by Gasteiger charge is 2.09. The molecule has 0 bridgehead atoms. The number of ether oxygens (including phenoxy) is 1. The second-order valence-electron chi connectivity index (χ2n) is 4.39. The van der Waals surface area contributed by atoms with Crippen molar-refractivity contribution in [2.45, 2.75) is 6.92 Å². The lowest BCUT2D eigenvalue weighted by Crippen LogP contribution is -1.96. The molecule has 6 nitrogen and oxygen atoms in total. The van der Waals surface area contributed by atoms with Gasteiger partial charge in [0.1, 0.15) is 11.5 Å². The lowest BCUT2D eigenvalue weighted by molar-refractivity contribution is 0.340. The van der Waals surface area contributed by atoms with Gasteiger partial charge >= 0.3 is 0 Å². The first-order valence-electron chi connectivity index (χ1n) is 6.76. The summed E-state index contributed by atoms with van der Waals surface area (Å²) in [5, 5.41) is 11.3. The molecule has 2 heterocycles. The predicted molar refractivity (Wildman–Crippen MR) is 85.7 cm³/mol. The fraction of sp³-hybridized carbons (Fsp3) is 0.133. The van der Waals surface area contributed by atoms with Gasteiger partial charge in [-0.1, -0.05) is 12.1 Å². The molecule has 1 aromatic carbocycles. The third-order valence-corrected chi connectivity index (χ3v) is 3.16. The number of nitrogens with zero attached hydrogens (tertiary/aromatic N) is 3. The molecule has 1 N–H and O–H groups in total. The largest absolute Gasteiger partial charge is 0.494 e. The molecule has 3 rings (SSSR count). The van der Waals surface area contributed by atoms with Crippen LogP contribution in [0.25, 0.3) is 11.4 Å². The maximum Gasteiger partial charge on any atom is 0.216 e. The minimum Gasteiger partial charge on any atom is -0.494 e. The molecular weight excluding hydrogens is 300 g/mol. The number of aromatic amines is 1. The molecule has 0 radical (unpaired) electrons. The number of hydrogen-bond acceptors (Lipinski definition) is 5. The Balaban J connectivity index is 1.98. The zero-order valence-corrected chi connectivity index (χ0v) is 12.7. The van der Waals surface area contributed by atoms with Crippen molar-refractivity contribution in [3.63, 3.8) is 0 Å². The summed E-state index contributed by atoms with van der Waals surface area (Å²) in [6, 6.07) is 11.2.